The van der Waals surface area contributed by atoms with E-state index >= 15 is 0 Å². The number of piperidine rings is 1. The molecule has 2 atom stereocenters. The van der Waals surface area contributed by atoms with Crippen LogP contribution < -0.4 is 5.32 Å². The van der Waals surface area contributed by atoms with Crippen LogP contribution in [-0.4, -0.2) is 37.1 Å². The van der Waals surface area contributed by atoms with E-state index < -0.39 is 0 Å². The third-order valence-corrected chi connectivity index (χ3v) is 3.98. The summed E-state index contributed by atoms with van der Waals surface area (Å²) in [5.41, 5.74) is 0. The fourth-order valence-electron chi connectivity index (χ4n) is 2.71. The fraction of sp³-hybridized carbons (Fsp3) is 1.00. The fourth-order valence-corrected chi connectivity index (χ4v) is 2.71. The number of nitrogens with one attached hydrogen (secondary N) is 1. The number of hydrogen-bond acceptors (Lipinski definition) is 2. The van der Waals surface area contributed by atoms with Crippen LogP contribution in [0.1, 0.15) is 52.9 Å². The van der Waals surface area contributed by atoms with Gasteiger partial charge in [-0.05, 0) is 58.2 Å². The maximum absolute atomic E-state index is 3.41. The van der Waals surface area contributed by atoms with Crippen LogP contribution in [0.4, 0.5) is 0 Å². The quantitative estimate of drug-likeness (QED) is 0.672. The van der Waals surface area contributed by atoms with Gasteiger partial charge in [-0.15, -0.1) is 0 Å². The highest BCUT2D eigenvalue weighted by molar-refractivity contribution is 4.76. The summed E-state index contributed by atoms with van der Waals surface area (Å²) in [6.45, 7) is 11.9. The molecule has 0 bridgehead atoms. The van der Waals surface area contributed by atoms with E-state index in [1.807, 2.05) is 0 Å². The van der Waals surface area contributed by atoms with Gasteiger partial charge in [0.25, 0.3) is 0 Å². The molecule has 0 aliphatic carbocycles. The molecule has 0 saturated carbocycles. The number of rotatable bonds is 7. The summed E-state index contributed by atoms with van der Waals surface area (Å²) < 4.78 is 0. The van der Waals surface area contributed by atoms with Crippen molar-refractivity contribution in [1.82, 2.24) is 10.2 Å². The SMILES string of the molecule is CCNCCCC(C)N1CCCC(CC)C1. The predicted octanol–water partition coefficient (Wildman–Crippen LogP) is 2.89. The molecular formula is C14H30N2. The summed E-state index contributed by atoms with van der Waals surface area (Å²) in [7, 11) is 0. The first-order valence-corrected chi connectivity index (χ1v) is 7.22. The van der Waals surface area contributed by atoms with E-state index in [1.165, 1.54) is 51.7 Å². The Balaban J connectivity index is 2.16. The summed E-state index contributed by atoms with van der Waals surface area (Å²) >= 11 is 0. The second-order valence-electron chi connectivity index (χ2n) is 5.26. The van der Waals surface area contributed by atoms with Gasteiger partial charge >= 0.3 is 0 Å². The molecular weight excluding hydrogens is 196 g/mol. The van der Waals surface area contributed by atoms with Gasteiger partial charge < -0.3 is 10.2 Å². The molecule has 0 radical (unpaired) electrons. The lowest BCUT2D eigenvalue weighted by Gasteiger charge is -2.36. The third-order valence-electron chi connectivity index (χ3n) is 3.98. The maximum Gasteiger partial charge on any atom is 0.00675 e. The van der Waals surface area contributed by atoms with Crippen molar-refractivity contribution >= 4 is 0 Å². The molecule has 1 heterocycles. The van der Waals surface area contributed by atoms with E-state index in [1.54, 1.807) is 0 Å². The Kier molecular flexibility index (Phi) is 7.06. The average molecular weight is 226 g/mol. The second-order valence-corrected chi connectivity index (χ2v) is 5.26. The Morgan fingerprint density at radius 2 is 2.19 bits per heavy atom. The number of likely N-dealkylation sites (tertiary alicyclic amines) is 1. The van der Waals surface area contributed by atoms with Crippen molar-refractivity contribution in [2.45, 2.75) is 58.9 Å². The Morgan fingerprint density at radius 1 is 1.38 bits per heavy atom. The van der Waals surface area contributed by atoms with E-state index in [9.17, 15) is 0 Å². The number of hydrogen-bond donors (Lipinski definition) is 1. The van der Waals surface area contributed by atoms with E-state index in [4.69, 9.17) is 0 Å². The van der Waals surface area contributed by atoms with Gasteiger partial charge in [-0.1, -0.05) is 20.3 Å². The molecule has 1 saturated heterocycles. The van der Waals surface area contributed by atoms with Gasteiger partial charge in [0, 0.05) is 12.6 Å². The first-order chi connectivity index (χ1) is 7.77. The number of nitrogens with zero attached hydrogens (tertiary/aromatic N) is 1. The van der Waals surface area contributed by atoms with Gasteiger partial charge in [-0.25, -0.2) is 0 Å². The van der Waals surface area contributed by atoms with Crippen LogP contribution in [0.2, 0.25) is 0 Å². The smallest absolute Gasteiger partial charge is 0.00675 e. The minimum absolute atomic E-state index is 0.785. The molecule has 96 valence electrons. The van der Waals surface area contributed by atoms with Crippen molar-refractivity contribution in [2.24, 2.45) is 5.92 Å². The van der Waals surface area contributed by atoms with Crippen molar-refractivity contribution < 1.29 is 0 Å². The zero-order chi connectivity index (χ0) is 11.8. The van der Waals surface area contributed by atoms with Gasteiger partial charge in [-0.2, -0.15) is 0 Å². The lowest BCUT2D eigenvalue weighted by molar-refractivity contribution is 0.123. The summed E-state index contributed by atoms with van der Waals surface area (Å²) in [5.74, 6) is 0.963. The predicted molar refractivity (Wildman–Crippen MR) is 71.8 cm³/mol. The van der Waals surface area contributed by atoms with E-state index in [-0.39, 0.29) is 0 Å². The van der Waals surface area contributed by atoms with E-state index in [0.29, 0.717) is 0 Å². The Bertz CT molecular complexity index is 170. The van der Waals surface area contributed by atoms with Crippen molar-refractivity contribution in [2.75, 3.05) is 26.2 Å². The van der Waals surface area contributed by atoms with Crippen LogP contribution in [-0.2, 0) is 0 Å². The Morgan fingerprint density at radius 3 is 2.88 bits per heavy atom. The van der Waals surface area contributed by atoms with Crippen LogP contribution in [0.25, 0.3) is 0 Å². The standard InChI is InChI=1S/C14H30N2/c1-4-14-9-7-11-16(12-14)13(3)8-6-10-15-5-2/h13-15H,4-12H2,1-3H3. The van der Waals surface area contributed by atoms with Crippen molar-refractivity contribution in [3.8, 4) is 0 Å². The monoisotopic (exact) mass is 226 g/mol. The highest BCUT2D eigenvalue weighted by Crippen LogP contribution is 2.22. The summed E-state index contributed by atoms with van der Waals surface area (Å²) in [4.78, 5) is 2.71. The lowest BCUT2D eigenvalue weighted by atomic mass is 9.94. The molecule has 16 heavy (non-hydrogen) atoms. The van der Waals surface area contributed by atoms with Crippen LogP contribution in [0, 0.1) is 5.92 Å². The van der Waals surface area contributed by atoms with Crippen molar-refractivity contribution in [3.63, 3.8) is 0 Å². The highest BCUT2D eigenvalue weighted by atomic mass is 15.2. The summed E-state index contributed by atoms with van der Waals surface area (Å²) in [6.07, 6.45) is 6.90. The second kappa shape index (κ2) is 8.08. The molecule has 0 aromatic heterocycles. The van der Waals surface area contributed by atoms with Gasteiger partial charge in [0.1, 0.15) is 0 Å². The molecule has 2 heteroatoms. The van der Waals surface area contributed by atoms with Crippen molar-refractivity contribution in [3.05, 3.63) is 0 Å². The zero-order valence-electron chi connectivity index (χ0n) is 11.5. The molecule has 1 aliphatic heterocycles. The van der Waals surface area contributed by atoms with Crippen LogP contribution in [0.15, 0.2) is 0 Å². The molecule has 0 spiro atoms. The van der Waals surface area contributed by atoms with Gasteiger partial charge in [0.05, 0.1) is 0 Å². The van der Waals surface area contributed by atoms with Gasteiger partial charge in [0.15, 0.2) is 0 Å². The third kappa shape index (κ3) is 4.84. The van der Waals surface area contributed by atoms with Crippen molar-refractivity contribution in [1.29, 1.82) is 0 Å². The van der Waals surface area contributed by atoms with Crippen LogP contribution in [0.3, 0.4) is 0 Å². The molecule has 0 aromatic carbocycles. The van der Waals surface area contributed by atoms with Gasteiger partial charge in [0.2, 0.25) is 0 Å². The minimum atomic E-state index is 0.785. The zero-order valence-corrected chi connectivity index (χ0v) is 11.5. The molecule has 2 unspecified atom stereocenters. The average Bonchev–Trinajstić information content (AvgIpc) is 2.34. The molecule has 0 amide bonds. The topological polar surface area (TPSA) is 15.3 Å². The molecule has 1 N–H and O–H groups in total. The van der Waals surface area contributed by atoms with E-state index in [0.717, 1.165) is 18.5 Å². The lowest BCUT2D eigenvalue weighted by Crippen LogP contribution is -2.41. The summed E-state index contributed by atoms with van der Waals surface area (Å²) in [5, 5.41) is 3.41. The largest absolute Gasteiger partial charge is 0.317 e. The van der Waals surface area contributed by atoms with Gasteiger partial charge in [-0.3, -0.25) is 0 Å². The molecule has 1 aliphatic rings. The molecule has 0 aromatic rings. The van der Waals surface area contributed by atoms with Crippen LogP contribution >= 0.6 is 0 Å². The Labute approximate surface area is 102 Å². The van der Waals surface area contributed by atoms with E-state index in [2.05, 4.69) is 31.0 Å². The molecule has 1 fully saturated rings. The first kappa shape index (κ1) is 14.0. The normalized spacial score (nSPS) is 24.6. The maximum atomic E-state index is 3.41. The Hall–Kier alpha value is -0.0800. The first-order valence-electron chi connectivity index (χ1n) is 7.22. The molecule has 1 rings (SSSR count). The summed E-state index contributed by atoms with van der Waals surface area (Å²) in [6, 6.07) is 0.785. The van der Waals surface area contributed by atoms with Crippen LogP contribution in [0.5, 0.6) is 0 Å². The molecule has 2 nitrogen and oxygen atoms in total. The minimum Gasteiger partial charge on any atom is -0.317 e. The highest BCUT2D eigenvalue weighted by Gasteiger charge is 2.21.